The van der Waals surface area contributed by atoms with Crippen molar-refractivity contribution in [2.45, 2.75) is 27.2 Å². The van der Waals surface area contributed by atoms with Crippen molar-refractivity contribution in [1.82, 2.24) is 9.80 Å². The molecule has 6 nitrogen and oxygen atoms in total. The lowest BCUT2D eigenvalue weighted by atomic mass is 10.2. The number of hydrogen-bond donors (Lipinski definition) is 0. The number of anilines is 1. The number of hydrogen-bond acceptors (Lipinski definition) is 4. The standard InChI is InChI=1S/C19H29N3O3/c1-4-20(17-8-6-7-16(3)15-17)10-9-18(23)21-11-13-22(14-12-21)19(24)25-5-2/h6-8,15H,4-5,9-14H2,1-3H3. The Hall–Kier alpha value is -2.24. The van der Waals surface area contributed by atoms with Gasteiger partial charge in [-0.1, -0.05) is 12.1 Å². The van der Waals surface area contributed by atoms with Gasteiger partial charge >= 0.3 is 6.09 Å². The lowest BCUT2D eigenvalue weighted by Crippen LogP contribution is -2.51. The summed E-state index contributed by atoms with van der Waals surface area (Å²) in [5, 5.41) is 0. The summed E-state index contributed by atoms with van der Waals surface area (Å²) >= 11 is 0. The summed E-state index contributed by atoms with van der Waals surface area (Å²) in [6.45, 7) is 10.2. The smallest absolute Gasteiger partial charge is 0.409 e. The third-order valence-electron chi connectivity index (χ3n) is 4.50. The summed E-state index contributed by atoms with van der Waals surface area (Å²) in [7, 11) is 0. The van der Waals surface area contributed by atoms with E-state index in [-0.39, 0.29) is 12.0 Å². The molecular weight excluding hydrogens is 318 g/mol. The fourth-order valence-corrected chi connectivity index (χ4v) is 3.04. The van der Waals surface area contributed by atoms with E-state index in [0.29, 0.717) is 45.8 Å². The highest BCUT2D eigenvalue weighted by Crippen LogP contribution is 2.16. The summed E-state index contributed by atoms with van der Waals surface area (Å²) in [6.07, 6.45) is 0.201. The van der Waals surface area contributed by atoms with Crippen molar-refractivity contribution < 1.29 is 14.3 Å². The van der Waals surface area contributed by atoms with Gasteiger partial charge in [-0.2, -0.15) is 0 Å². The monoisotopic (exact) mass is 347 g/mol. The Morgan fingerprint density at radius 2 is 1.80 bits per heavy atom. The fourth-order valence-electron chi connectivity index (χ4n) is 3.04. The molecule has 0 aromatic heterocycles. The molecule has 0 unspecified atom stereocenters. The SMILES string of the molecule is CCOC(=O)N1CCN(C(=O)CCN(CC)c2cccc(C)c2)CC1. The molecule has 1 saturated heterocycles. The van der Waals surface area contributed by atoms with Crippen LogP contribution in [0.2, 0.25) is 0 Å². The summed E-state index contributed by atoms with van der Waals surface area (Å²) in [5.74, 6) is 0.148. The van der Waals surface area contributed by atoms with Crippen LogP contribution in [0.1, 0.15) is 25.8 Å². The van der Waals surface area contributed by atoms with E-state index in [2.05, 4.69) is 36.9 Å². The predicted molar refractivity (Wildman–Crippen MR) is 98.9 cm³/mol. The van der Waals surface area contributed by atoms with E-state index < -0.39 is 0 Å². The first-order chi connectivity index (χ1) is 12.0. The van der Waals surface area contributed by atoms with Gasteiger partial charge in [0.15, 0.2) is 0 Å². The fraction of sp³-hybridized carbons (Fsp3) is 0.579. The van der Waals surface area contributed by atoms with Gasteiger partial charge in [0.05, 0.1) is 6.61 Å². The lowest BCUT2D eigenvalue weighted by molar-refractivity contribution is -0.132. The van der Waals surface area contributed by atoms with Crippen LogP contribution in [0.3, 0.4) is 0 Å². The van der Waals surface area contributed by atoms with E-state index in [9.17, 15) is 9.59 Å². The zero-order valence-electron chi connectivity index (χ0n) is 15.5. The molecule has 138 valence electrons. The second-order valence-electron chi connectivity index (χ2n) is 6.24. The van der Waals surface area contributed by atoms with Crippen LogP contribution in [-0.2, 0) is 9.53 Å². The van der Waals surface area contributed by atoms with Crippen molar-refractivity contribution in [3.63, 3.8) is 0 Å². The average molecular weight is 347 g/mol. The first kappa shape index (κ1) is 19.1. The minimum atomic E-state index is -0.286. The molecule has 1 fully saturated rings. The summed E-state index contributed by atoms with van der Waals surface area (Å²) in [4.78, 5) is 29.9. The van der Waals surface area contributed by atoms with Gasteiger partial charge in [-0.05, 0) is 38.5 Å². The maximum Gasteiger partial charge on any atom is 0.409 e. The normalized spacial score (nSPS) is 14.4. The molecule has 6 heteroatoms. The van der Waals surface area contributed by atoms with Crippen LogP contribution in [0.15, 0.2) is 24.3 Å². The quantitative estimate of drug-likeness (QED) is 0.793. The summed E-state index contributed by atoms with van der Waals surface area (Å²) in [5.41, 5.74) is 2.37. The third kappa shape index (κ3) is 5.37. The molecule has 0 bridgehead atoms. The molecule has 25 heavy (non-hydrogen) atoms. The van der Waals surface area contributed by atoms with Crippen molar-refractivity contribution in [3.8, 4) is 0 Å². The number of carbonyl (C=O) groups is 2. The minimum absolute atomic E-state index is 0.148. The van der Waals surface area contributed by atoms with Crippen molar-refractivity contribution in [1.29, 1.82) is 0 Å². The Morgan fingerprint density at radius 3 is 2.40 bits per heavy atom. The van der Waals surface area contributed by atoms with Crippen LogP contribution in [0, 0.1) is 6.92 Å². The molecule has 1 aliphatic rings. The number of piperazine rings is 1. The van der Waals surface area contributed by atoms with Crippen molar-refractivity contribution >= 4 is 17.7 Å². The van der Waals surface area contributed by atoms with Gasteiger partial charge in [-0.3, -0.25) is 4.79 Å². The van der Waals surface area contributed by atoms with Crippen LogP contribution < -0.4 is 4.90 Å². The van der Waals surface area contributed by atoms with Crippen molar-refractivity contribution in [2.75, 3.05) is 50.8 Å². The van der Waals surface area contributed by atoms with Crippen molar-refractivity contribution in [2.24, 2.45) is 0 Å². The molecule has 0 radical (unpaired) electrons. The number of benzene rings is 1. The topological polar surface area (TPSA) is 53.1 Å². The highest BCUT2D eigenvalue weighted by molar-refractivity contribution is 5.77. The van der Waals surface area contributed by atoms with E-state index in [4.69, 9.17) is 4.74 Å². The molecule has 0 spiro atoms. The lowest BCUT2D eigenvalue weighted by Gasteiger charge is -2.34. The van der Waals surface area contributed by atoms with Gasteiger partial charge in [-0.15, -0.1) is 0 Å². The van der Waals surface area contributed by atoms with Gasteiger partial charge in [0, 0.05) is 51.4 Å². The summed E-state index contributed by atoms with van der Waals surface area (Å²) < 4.78 is 5.01. The minimum Gasteiger partial charge on any atom is -0.450 e. The Kier molecular flexibility index (Phi) is 7.10. The first-order valence-corrected chi connectivity index (χ1v) is 9.06. The number of ether oxygens (including phenoxy) is 1. The van der Waals surface area contributed by atoms with Crippen LogP contribution in [-0.4, -0.2) is 67.7 Å². The number of amides is 2. The molecule has 0 N–H and O–H groups in total. The Bertz CT molecular complexity index is 583. The van der Waals surface area contributed by atoms with E-state index in [1.54, 1.807) is 11.8 Å². The molecule has 1 heterocycles. The van der Waals surface area contributed by atoms with Crippen molar-refractivity contribution in [3.05, 3.63) is 29.8 Å². The van der Waals surface area contributed by atoms with Gasteiger partial charge < -0.3 is 19.4 Å². The molecule has 1 aliphatic heterocycles. The Morgan fingerprint density at radius 1 is 1.12 bits per heavy atom. The van der Waals surface area contributed by atoms with Crippen LogP contribution in [0.25, 0.3) is 0 Å². The van der Waals surface area contributed by atoms with E-state index >= 15 is 0 Å². The zero-order valence-corrected chi connectivity index (χ0v) is 15.5. The first-order valence-electron chi connectivity index (χ1n) is 9.06. The maximum atomic E-state index is 12.5. The second-order valence-corrected chi connectivity index (χ2v) is 6.24. The molecule has 0 atom stereocenters. The van der Waals surface area contributed by atoms with E-state index in [1.807, 2.05) is 11.0 Å². The van der Waals surface area contributed by atoms with E-state index in [0.717, 1.165) is 12.2 Å². The maximum absolute atomic E-state index is 12.5. The predicted octanol–water partition coefficient (Wildman–Crippen LogP) is 2.51. The molecular formula is C19H29N3O3. The Balaban J connectivity index is 1.81. The Labute approximate surface area is 150 Å². The van der Waals surface area contributed by atoms with Crippen LogP contribution >= 0.6 is 0 Å². The van der Waals surface area contributed by atoms with Crippen LogP contribution in [0.5, 0.6) is 0 Å². The third-order valence-corrected chi connectivity index (χ3v) is 4.50. The number of nitrogens with zero attached hydrogens (tertiary/aromatic N) is 3. The highest BCUT2D eigenvalue weighted by Gasteiger charge is 2.24. The zero-order chi connectivity index (χ0) is 18.2. The van der Waals surface area contributed by atoms with Gasteiger partial charge in [-0.25, -0.2) is 4.79 Å². The largest absolute Gasteiger partial charge is 0.450 e. The number of aryl methyl sites for hydroxylation is 1. The van der Waals surface area contributed by atoms with Gasteiger partial charge in [0.25, 0.3) is 0 Å². The molecule has 0 aliphatic carbocycles. The summed E-state index contributed by atoms with van der Waals surface area (Å²) in [6, 6.07) is 8.35. The molecule has 2 amide bonds. The number of carbonyl (C=O) groups excluding carboxylic acids is 2. The molecule has 1 aromatic rings. The average Bonchev–Trinajstić information content (AvgIpc) is 2.62. The molecule has 2 rings (SSSR count). The second kappa shape index (κ2) is 9.30. The van der Waals surface area contributed by atoms with Crippen LogP contribution in [0.4, 0.5) is 10.5 Å². The van der Waals surface area contributed by atoms with E-state index in [1.165, 1.54) is 5.56 Å². The highest BCUT2D eigenvalue weighted by atomic mass is 16.6. The molecule has 1 aromatic carbocycles. The van der Waals surface area contributed by atoms with Gasteiger partial charge in [0.1, 0.15) is 0 Å². The number of rotatable bonds is 6. The van der Waals surface area contributed by atoms with Gasteiger partial charge in [0.2, 0.25) is 5.91 Å². The molecule has 0 saturated carbocycles.